The molecule has 112 valence electrons. The molecule has 2 aliphatic rings. The van der Waals surface area contributed by atoms with Gasteiger partial charge in [0.05, 0.1) is 12.3 Å². The summed E-state index contributed by atoms with van der Waals surface area (Å²) in [5.41, 5.74) is 0. The van der Waals surface area contributed by atoms with E-state index in [1.165, 1.54) is 12.8 Å². The second kappa shape index (κ2) is 5.83. The van der Waals surface area contributed by atoms with Crippen molar-refractivity contribution >= 4 is 10.0 Å². The van der Waals surface area contributed by atoms with Gasteiger partial charge >= 0.3 is 0 Å². The van der Waals surface area contributed by atoms with Crippen molar-refractivity contribution in [2.45, 2.75) is 44.8 Å². The van der Waals surface area contributed by atoms with Crippen LogP contribution < -0.4 is 5.32 Å². The lowest BCUT2D eigenvalue weighted by Gasteiger charge is -2.26. The van der Waals surface area contributed by atoms with E-state index in [1.807, 2.05) is 10.8 Å². The first-order valence-corrected chi connectivity index (χ1v) is 8.97. The summed E-state index contributed by atoms with van der Waals surface area (Å²) < 4.78 is 28.2. The van der Waals surface area contributed by atoms with E-state index < -0.39 is 10.0 Å². The molecule has 0 spiro atoms. The van der Waals surface area contributed by atoms with Crippen LogP contribution in [0.2, 0.25) is 0 Å². The molecule has 1 fully saturated rings. The van der Waals surface area contributed by atoms with Crippen LogP contribution >= 0.6 is 0 Å². The summed E-state index contributed by atoms with van der Waals surface area (Å²) >= 11 is 0. The van der Waals surface area contributed by atoms with Crippen LogP contribution in [0.15, 0.2) is 12.4 Å². The van der Waals surface area contributed by atoms with Crippen molar-refractivity contribution in [2.24, 2.45) is 0 Å². The van der Waals surface area contributed by atoms with Crippen molar-refractivity contribution in [1.82, 2.24) is 19.2 Å². The number of hydrogen-bond acceptors (Lipinski definition) is 4. The van der Waals surface area contributed by atoms with Crippen LogP contribution in [-0.4, -0.2) is 47.2 Å². The molecule has 0 atom stereocenters. The van der Waals surface area contributed by atoms with E-state index in [9.17, 15) is 8.42 Å². The smallest absolute Gasteiger partial charge is 0.214 e. The van der Waals surface area contributed by atoms with Gasteiger partial charge in [0.25, 0.3) is 0 Å². The van der Waals surface area contributed by atoms with Crippen molar-refractivity contribution in [2.75, 3.05) is 18.8 Å². The summed E-state index contributed by atoms with van der Waals surface area (Å²) in [5, 5.41) is 3.41. The van der Waals surface area contributed by atoms with E-state index in [-0.39, 0.29) is 5.75 Å². The van der Waals surface area contributed by atoms with E-state index in [2.05, 4.69) is 10.3 Å². The normalized spacial score (nSPS) is 20.0. The van der Waals surface area contributed by atoms with Gasteiger partial charge < -0.3 is 9.88 Å². The highest BCUT2D eigenvalue weighted by Crippen LogP contribution is 2.18. The van der Waals surface area contributed by atoms with E-state index in [0.29, 0.717) is 25.7 Å². The first-order valence-electron chi connectivity index (χ1n) is 7.36. The number of nitrogens with zero attached hydrogens (tertiary/aromatic N) is 3. The quantitative estimate of drug-likeness (QED) is 0.747. The van der Waals surface area contributed by atoms with Gasteiger partial charge in [0.1, 0.15) is 5.82 Å². The van der Waals surface area contributed by atoms with E-state index in [4.69, 9.17) is 0 Å². The van der Waals surface area contributed by atoms with Gasteiger partial charge in [-0.3, -0.25) is 0 Å². The van der Waals surface area contributed by atoms with Crippen molar-refractivity contribution in [3.05, 3.63) is 18.2 Å². The lowest BCUT2D eigenvalue weighted by molar-refractivity contribution is 0.335. The third-order valence-electron chi connectivity index (χ3n) is 3.94. The number of aromatic nitrogens is 2. The van der Waals surface area contributed by atoms with Gasteiger partial charge in [-0.15, -0.1) is 0 Å². The number of fused-ring (bicyclic) bond motifs is 1. The molecule has 0 aromatic carbocycles. The monoisotopic (exact) mass is 298 g/mol. The fourth-order valence-corrected chi connectivity index (χ4v) is 4.02. The second-order valence-corrected chi connectivity index (χ2v) is 7.71. The molecule has 20 heavy (non-hydrogen) atoms. The van der Waals surface area contributed by atoms with Crippen LogP contribution in [0.4, 0.5) is 0 Å². The lowest BCUT2D eigenvalue weighted by Crippen LogP contribution is -2.39. The number of sulfonamides is 1. The average Bonchev–Trinajstić information content (AvgIpc) is 3.13. The zero-order valence-corrected chi connectivity index (χ0v) is 12.5. The Kier molecular flexibility index (Phi) is 4.09. The maximum Gasteiger partial charge on any atom is 0.214 e. The first-order chi connectivity index (χ1) is 9.65. The molecule has 1 aliphatic carbocycles. The first kappa shape index (κ1) is 14.0. The Bertz CT molecular complexity index is 550. The minimum Gasteiger partial charge on any atom is -0.333 e. The van der Waals surface area contributed by atoms with Gasteiger partial charge in [-0.05, 0) is 32.2 Å². The third kappa shape index (κ3) is 3.39. The molecule has 1 aromatic rings. The molecule has 0 unspecified atom stereocenters. The zero-order chi connectivity index (χ0) is 14.0. The average molecular weight is 298 g/mol. The van der Waals surface area contributed by atoms with Crippen LogP contribution in [0.5, 0.6) is 0 Å². The maximum absolute atomic E-state index is 12.3. The van der Waals surface area contributed by atoms with Crippen LogP contribution in [0.3, 0.4) is 0 Å². The number of rotatable bonds is 7. The Morgan fingerprint density at radius 3 is 2.95 bits per heavy atom. The molecular formula is C13H22N4O2S. The van der Waals surface area contributed by atoms with Crippen molar-refractivity contribution in [3.8, 4) is 0 Å². The molecular weight excluding hydrogens is 276 g/mol. The topological polar surface area (TPSA) is 67.2 Å². The molecule has 1 aromatic heterocycles. The summed E-state index contributed by atoms with van der Waals surface area (Å²) in [6, 6.07) is 0.701. The number of unbranched alkanes of at least 4 members (excludes halogenated alkanes) is 1. The number of nitrogens with one attached hydrogen (secondary N) is 1. The highest BCUT2D eigenvalue weighted by Gasteiger charge is 2.26. The molecule has 2 heterocycles. The largest absolute Gasteiger partial charge is 0.333 e. The van der Waals surface area contributed by atoms with Gasteiger partial charge in [0, 0.05) is 31.5 Å². The molecule has 6 nitrogen and oxygen atoms in total. The van der Waals surface area contributed by atoms with Crippen LogP contribution in [0.1, 0.15) is 31.5 Å². The SMILES string of the molecule is O=S(=O)(CCCCNC1CC1)N1CCn2ccnc2C1. The molecule has 0 bridgehead atoms. The summed E-state index contributed by atoms with van der Waals surface area (Å²) in [6.45, 7) is 2.62. The van der Waals surface area contributed by atoms with Crippen molar-refractivity contribution in [3.63, 3.8) is 0 Å². The summed E-state index contributed by atoms with van der Waals surface area (Å²) in [7, 11) is -3.14. The Morgan fingerprint density at radius 2 is 2.15 bits per heavy atom. The van der Waals surface area contributed by atoms with E-state index in [0.717, 1.165) is 25.2 Å². The Balaban J connectivity index is 1.45. The lowest BCUT2D eigenvalue weighted by atomic mass is 10.3. The number of hydrogen-bond donors (Lipinski definition) is 1. The predicted octanol–water partition coefficient (Wildman–Crippen LogP) is 0.561. The molecule has 1 aliphatic heterocycles. The number of imidazole rings is 1. The molecule has 0 saturated heterocycles. The summed E-state index contributed by atoms with van der Waals surface area (Å²) in [6.07, 6.45) is 7.85. The Hall–Kier alpha value is -0.920. The van der Waals surface area contributed by atoms with Crippen LogP contribution in [-0.2, 0) is 23.1 Å². The fourth-order valence-electron chi connectivity index (χ4n) is 2.52. The predicted molar refractivity (Wildman–Crippen MR) is 76.7 cm³/mol. The minimum absolute atomic E-state index is 0.250. The second-order valence-electron chi connectivity index (χ2n) is 5.62. The molecule has 3 rings (SSSR count). The molecule has 0 radical (unpaired) electrons. The highest BCUT2D eigenvalue weighted by molar-refractivity contribution is 7.89. The summed E-state index contributed by atoms with van der Waals surface area (Å²) in [5.74, 6) is 1.09. The van der Waals surface area contributed by atoms with Crippen LogP contribution in [0.25, 0.3) is 0 Å². The molecule has 7 heteroatoms. The fraction of sp³-hybridized carbons (Fsp3) is 0.769. The van der Waals surface area contributed by atoms with Gasteiger partial charge in [-0.25, -0.2) is 13.4 Å². The molecule has 1 N–H and O–H groups in total. The van der Waals surface area contributed by atoms with Gasteiger partial charge in [0.2, 0.25) is 10.0 Å². The van der Waals surface area contributed by atoms with E-state index >= 15 is 0 Å². The molecule has 1 saturated carbocycles. The van der Waals surface area contributed by atoms with Crippen LogP contribution in [0, 0.1) is 0 Å². The Morgan fingerprint density at radius 1 is 1.30 bits per heavy atom. The standard InChI is InChI=1S/C13H22N4O2S/c18-20(19,10-2-1-5-14-12-3-4-12)17-9-8-16-7-6-15-13(16)11-17/h6-7,12,14H,1-5,8-11H2. The van der Waals surface area contributed by atoms with E-state index in [1.54, 1.807) is 10.5 Å². The van der Waals surface area contributed by atoms with Gasteiger partial charge in [-0.1, -0.05) is 0 Å². The summed E-state index contributed by atoms with van der Waals surface area (Å²) in [4.78, 5) is 4.20. The zero-order valence-electron chi connectivity index (χ0n) is 11.7. The molecule has 0 amide bonds. The third-order valence-corrected chi connectivity index (χ3v) is 5.85. The maximum atomic E-state index is 12.3. The van der Waals surface area contributed by atoms with Gasteiger partial charge in [-0.2, -0.15) is 4.31 Å². The highest BCUT2D eigenvalue weighted by atomic mass is 32.2. The van der Waals surface area contributed by atoms with Crippen molar-refractivity contribution in [1.29, 1.82) is 0 Å². The Labute approximate surface area is 120 Å². The van der Waals surface area contributed by atoms with Gasteiger partial charge in [0.15, 0.2) is 0 Å². The van der Waals surface area contributed by atoms with Crippen molar-refractivity contribution < 1.29 is 8.42 Å². The minimum atomic E-state index is -3.14.